The van der Waals surface area contributed by atoms with Gasteiger partial charge in [0.1, 0.15) is 5.82 Å². The zero-order valence-corrected chi connectivity index (χ0v) is 11.3. The zero-order valence-electron chi connectivity index (χ0n) is 11.3. The number of hydrogen-bond donors (Lipinski definition) is 2. The van der Waals surface area contributed by atoms with Crippen LogP contribution >= 0.6 is 0 Å². The molecule has 0 aromatic carbocycles. The Kier molecular flexibility index (Phi) is 4.68. The number of esters is 1. The molecule has 1 saturated heterocycles. The van der Waals surface area contributed by atoms with Crippen LogP contribution in [0.2, 0.25) is 0 Å². The number of hydrogen-bond acceptors (Lipinski definition) is 6. The SMILES string of the molecule is COC(=O)c1ccc(NC(C)C2CCCNC2)nn1. The van der Waals surface area contributed by atoms with Gasteiger partial charge in [-0.3, -0.25) is 0 Å². The molecule has 1 aromatic heterocycles. The van der Waals surface area contributed by atoms with Crippen molar-refractivity contribution >= 4 is 11.8 Å². The van der Waals surface area contributed by atoms with Crippen molar-refractivity contribution in [1.82, 2.24) is 15.5 Å². The largest absolute Gasteiger partial charge is 0.464 e. The normalized spacial score (nSPS) is 20.6. The second kappa shape index (κ2) is 6.47. The molecule has 0 saturated carbocycles. The first-order valence-corrected chi connectivity index (χ1v) is 6.60. The summed E-state index contributed by atoms with van der Waals surface area (Å²) >= 11 is 0. The van der Waals surface area contributed by atoms with Crippen molar-refractivity contribution in [2.45, 2.75) is 25.8 Å². The molecule has 1 aromatic rings. The van der Waals surface area contributed by atoms with E-state index in [0.717, 1.165) is 13.1 Å². The third kappa shape index (κ3) is 3.64. The molecular weight excluding hydrogens is 244 g/mol. The highest BCUT2D eigenvalue weighted by Crippen LogP contribution is 2.17. The number of carbonyl (C=O) groups excluding carboxylic acids is 1. The summed E-state index contributed by atoms with van der Waals surface area (Å²) in [4.78, 5) is 11.2. The van der Waals surface area contributed by atoms with Gasteiger partial charge in [0.2, 0.25) is 0 Å². The van der Waals surface area contributed by atoms with Crippen LogP contribution in [0.25, 0.3) is 0 Å². The van der Waals surface area contributed by atoms with E-state index in [-0.39, 0.29) is 5.69 Å². The lowest BCUT2D eigenvalue weighted by atomic mass is 9.93. The Morgan fingerprint density at radius 2 is 2.37 bits per heavy atom. The Labute approximate surface area is 112 Å². The summed E-state index contributed by atoms with van der Waals surface area (Å²) in [6.45, 7) is 4.28. The molecule has 0 amide bonds. The van der Waals surface area contributed by atoms with Crippen LogP contribution in [0.3, 0.4) is 0 Å². The molecule has 6 heteroatoms. The molecule has 0 radical (unpaired) electrons. The number of piperidine rings is 1. The Hall–Kier alpha value is -1.69. The van der Waals surface area contributed by atoms with Crippen molar-refractivity contribution in [1.29, 1.82) is 0 Å². The fourth-order valence-corrected chi connectivity index (χ4v) is 2.28. The fraction of sp³-hybridized carbons (Fsp3) is 0.615. The Bertz CT molecular complexity index is 415. The van der Waals surface area contributed by atoms with E-state index in [1.165, 1.54) is 20.0 Å². The number of ether oxygens (including phenoxy) is 1. The summed E-state index contributed by atoms with van der Waals surface area (Å²) in [5.41, 5.74) is 0.222. The van der Waals surface area contributed by atoms with Gasteiger partial charge >= 0.3 is 5.97 Å². The number of anilines is 1. The van der Waals surface area contributed by atoms with E-state index in [9.17, 15) is 4.79 Å². The zero-order chi connectivity index (χ0) is 13.7. The van der Waals surface area contributed by atoms with Gasteiger partial charge < -0.3 is 15.4 Å². The predicted molar refractivity (Wildman–Crippen MR) is 72.0 cm³/mol. The lowest BCUT2D eigenvalue weighted by molar-refractivity contribution is 0.0593. The van der Waals surface area contributed by atoms with Gasteiger partial charge in [0.25, 0.3) is 0 Å². The summed E-state index contributed by atoms with van der Waals surface area (Å²) in [7, 11) is 1.33. The molecule has 1 aliphatic heterocycles. The summed E-state index contributed by atoms with van der Waals surface area (Å²) in [6.07, 6.45) is 2.43. The number of nitrogens with zero attached hydrogens (tertiary/aromatic N) is 2. The van der Waals surface area contributed by atoms with Gasteiger partial charge in [0.05, 0.1) is 7.11 Å². The average molecular weight is 264 g/mol. The van der Waals surface area contributed by atoms with Crippen LogP contribution in [0.4, 0.5) is 5.82 Å². The quantitative estimate of drug-likeness (QED) is 0.792. The third-order valence-electron chi connectivity index (χ3n) is 3.48. The molecule has 0 spiro atoms. The van der Waals surface area contributed by atoms with Crippen molar-refractivity contribution in [3.63, 3.8) is 0 Å². The molecule has 2 unspecified atom stereocenters. The second-order valence-corrected chi connectivity index (χ2v) is 4.83. The lowest BCUT2D eigenvalue weighted by Crippen LogP contribution is -2.39. The van der Waals surface area contributed by atoms with Crippen LogP contribution in [0.1, 0.15) is 30.3 Å². The van der Waals surface area contributed by atoms with Crippen molar-refractivity contribution in [2.75, 3.05) is 25.5 Å². The second-order valence-electron chi connectivity index (χ2n) is 4.83. The molecule has 1 fully saturated rings. The maximum absolute atomic E-state index is 11.2. The van der Waals surface area contributed by atoms with Crippen LogP contribution in [0.15, 0.2) is 12.1 Å². The molecule has 2 rings (SSSR count). The van der Waals surface area contributed by atoms with Crippen LogP contribution in [0.5, 0.6) is 0 Å². The molecule has 2 N–H and O–H groups in total. The topological polar surface area (TPSA) is 76.1 Å². The van der Waals surface area contributed by atoms with Crippen LogP contribution in [-0.4, -0.2) is 42.4 Å². The first-order chi connectivity index (χ1) is 9.20. The molecule has 6 nitrogen and oxygen atoms in total. The predicted octanol–water partition coefficient (Wildman–Crippen LogP) is 1.06. The molecular formula is C13H20N4O2. The smallest absolute Gasteiger partial charge is 0.358 e. The highest BCUT2D eigenvalue weighted by Gasteiger charge is 2.20. The summed E-state index contributed by atoms with van der Waals surface area (Å²) < 4.78 is 4.58. The van der Waals surface area contributed by atoms with Gasteiger partial charge in [-0.2, -0.15) is 0 Å². The fourth-order valence-electron chi connectivity index (χ4n) is 2.28. The van der Waals surface area contributed by atoms with Crippen LogP contribution < -0.4 is 10.6 Å². The summed E-state index contributed by atoms with van der Waals surface area (Å²) in [5.74, 6) is 0.810. The van der Waals surface area contributed by atoms with E-state index in [0.29, 0.717) is 17.8 Å². The molecule has 2 atom stereocenters. The minimum atomic E-state index is -0.469. The maximum atomic E-state index is 11.2. The maximum Gasteiger partial charge on any atom is 0.358 e. The molecule has 1 aliphatic rings. The Morgan fingerprint density at radius 1 is 1.53 bits per heavy atom. The lowest BCUT2D eigenvalue weighted by Gasteiger charge is -2.29. The van der Waals surface area contributed by atoms with Crippen molar-refractivity contribution < 1.29 is 9.53 Å². The number of rotatable bonds is 4. The van der Waals surface area contributed by atoms with E-state index in [1.54, 1.807) is 12.1 Å². The molecule has 2 heterocycles. The van der Waals surface area contributed by atoms with Gasteiger partial charge in [-0.1, -0.05) is 0 Å². The van der Waals surface area contributed by atoms with E-state index >= 15 is 0 Å². The monoisotopic (exact) mass is 264 g/mol. The summed E-state index contributed by atoms with van der Waals surface area (Å²) in [6, 6.07) is 3.70. The van der Waals surface area contributed by atoms with Gasteiger partial charge in [-0.05, 0) is 50.9 Å². The van der Waals surface area contributed by atoms with E-state index in [1.807, 2.05) is 0 Å². The summed E-state index contributed by atoms with van der Waals surface area (Å²) in [5, 5.41) is 14.6. The van der Waals surface area contributed by atoms with E-state index < -0.39 is 5.97 Å². The first-order valence-electron chi connectivity index (χ1n) is 6.60. The number of nitrogens with one attached hydrogen (secondary N) is 2. The van der Waals surface area contributed by atoms with Crippen LogP contribution in [-0.2, 0) is 4.74 Å². The Morgan fingerprint density at radius 3 is 2.95 bits per heavy atom. The molecule has 19 heavy (non-hydrogen) atoms. The van der Waals surface area contributed by atoms with Crippen LogP contribution in [0, 0.1) is 5.92 Å². The molecule has 0 aliphatic carbocycles. The minimum absolute atomic E-state index is 0.222. The molecule has 104 valence electrons. The van der Waals surface area contributed by atoms with Crippen molar-refractivity contribution in [3.05, 3.63) is 17.8 Å². The average Bonchev–Trinajstić information content (AvgIpc) is 2.48. The Balaban J connectivity index is 1.93. The van der Waals surface area contributed by atoms with E-state index in [4.69, 9.17) is 0 Å². The van der Waals surface area contributed by atoms with Gasteiger partial charge in [0.15, 0.2) is 5.69 Å². The third-order valence-corrected chi connectivity index (χ3v) is 3.48. The van der Waals surface area contributed by atoms with Gasteiger partial charge in [-0.25, -0.2) is 4.79 Å². The standard InChI is InChI=1S/C13H20N4O2/c1-9(10-4-3-7-14-8-10)15-12-6-5-11(16-17-12)13(18)19-2/h5-6,9-10,14H,3-4,7-8H2,1-2H3,(H,15,17). The van der Waals surface area contributed by atoms with Crippen molar-refractivity contribution in [3.8, 4) is 0 Å². The highest BCUT2D eigenvalue weighted by atomic mass is 16.5. The first kappa shape index (κ1) is 13.7. The highest BCUT2D eigenvalue weighted by molar-refractivity contribution is 5.86. The van der Waals surface area contributed by atoms with Gasteiger partial charge in [-0.15, -0.1) is 10.2 Å². The minimum Gasteiger partial charge on any atom is -0.464 e. The number of methoxy groups -OCH3 is 1. The van der Waals surface area contributed by atoms with E-state index in [2.05, 4.69) is 32.5 Å². The number of aromatic nitrogens is 2. The number of carbonyl (C=O) groups is 1. The van der Waals surface area contributed by atoms with Crippen molar-refractivity contribution in [2.24, 2.45) is 5.92 Å². The molecule has 0 bridgehead atoms. The van der Waals surface area contributed by atoms with Gasteiger partial charge in [0, 0.05) is 6.04 Å².